The molecule has 0 saturated heterocycles. The van der Waals surface area contributed by atoms with Gasteiger partial charge < -0.3 is 10.5 Å². The lowest BCUT2D eigenvalue weighted by Crippen LogP contribution is -2.34. The van der Waals surface area contributed by atoms with E-state index in [0.29, 0.717) is 6.42 Å². The first-order chi connectivity index (χ1) is 5.87. The molecule has 0 fully saturated rings. The van der Waals surface area contributed by atoms with Gasteiger partial charge in [-0.15, -0.1) is 0 Å². The normalized spacial score (nSPS) is 17.1. The molecule has 80 valence electrons. The van der Waals surface area contributed by atoms with Gasteiger partial charge in [0.05, 0.1) is 19.1 Å². The molecule has 0 aliphatic heterocycles. The highest BCUT2D eigenvalue weighted by Gasteiger charge is 2.27. The zero-order chi connectivity index (χ0) is 10.5. The van der Waals surface area contributed by atoms with E-state index in [9.17, 15) is 13.2 Å². The van der Waals surface area contributed by atoms with Crippen LogP contribution < -0.4 is 5.73 Å². The van der Waals surface area contributed by atoms with Crippen LogP contribution in [0.3, 0.4) is 0 Å². The Kier molecular flexibility index (Phi) is 5.32. The molecular formula is C8H16F3NO. The number of hydrogen-bond donors (Lipinski definition) is 1. The molecule has 0 saturated carbocycles. The van der Waals surface area contributed by atoms with Crippen LogP contribution in [0.2, 0.25) is 0 Å². The van der Waals surface area contributed by atoms with Crippen molar-refractivity contribution in [3.63, 3.8) is 0 Å². The van der Waals surface area contributed by atoms with E-state index in [2.05, 4.69) is 0 Å². The SMILES string of the molecule is CCC(N)C(C)OCCC(F)(F)F. The van der Waals surface area contributed by atoms with Gasteiger partial charge >= 0.3 is 6.18 Å². The number of rotatable bonds is 5. The van der Waals surface area contributed by atoms with Gasteiger partial charge in [-0.2, -0.15) is 13.2 Å². The molecule has 2 atom stereocenters. The van der Waals surface area contributed by atoms with Crippen molar-refractivity contribution in [3.8, 4) is 0 Å². The third-order valence-electron chi connectivity index (χ3n) is 1.84. The van der Waals surface area contributed by atoms with Crippen molar-refractivity contribution >= 4 is 0 Å². The van der Waals surface area contributed by atoms with Gasteiger partial charge in [0.25, 0.3) is 0 Å². The minimum atomic E-state index is -4.14. The summed E-state index contributed by atoms with van der Waals surface area (Å²) in [4.78, 5) is 0. The molecule has 0 rings (SSSR count). The maximum Gasteiger partial charge on any atom is 0.391 e. The summed E-state index contributed by atoms with van der Waals surface area (Å²) in [5.74, 6) is 0. The molecule has 0 spiro atoms. The van der Waals surface area contributed by atoms with Gasteiger partial charge in [-0.05, 0) is 13.3 Å². The molecule has 2 nitrogen and oxygen atoms in total. The fraction of sp³-hybridized carbons (Fsp3) is 1.00. The van der Waals surface area contributed by atoms with Gasteiger partial charge in [0, 0.05) is 6.04 Å². The Morgan fingerprint density at radius 3 is 2.31 bits per heavy atom. The minimum absolute atomic E-state index is 0.187. The highest BCUT2D eigenvalue weighted by Crippen LogP contribution is 2.19. The first-order valence-electron chi connectivity index (χ1n) is 4.30. The second-order valence-electron chi connectivity index (χ2n) is 3.01. The first-order valence-corrected chi connectivity index (χ1v) is 4.30. The van der Waals surface area contributed by atoms with Crippen molar-refractivity contribution in [1.82, 2.24) is 0 Å². The van der Waals surface area contributed by atoms with Crippen LogP contribution in [0.25, 0.3) is 0 Å². The highest BCUT2D eigenvalue weighted by molar-refractivity contribution is 4.66. The molecule has 5 heteroatoms. The third kappa shape index (κ3) is 6.83. The van der Waals surface area contributed by atoms with Crippen molar-refractivity contribution in [3.05, 3.63) is 0 Å². The van der Waals surface area contributed by atoms with Gasteiger partial charge in [-0.25, -0.2) is 0 Å². The average Bonchev–Trinajstić information content (AvgIpc) is 2.00. The predicted molar refractivity (Wildman–Crippen MR) is 44.4 cm³/mol. The Balaban J connectivity index is 3.53. The molecule has 0 aromatic carbocycles. The van der Waals surface area contributed by atoms with Crippen LogP contribution in [0.15, 0.2) is 0 Å². The Bertz CT molecular complexity index is 138. The first kappa shape index (κ1) is 12.7. The van der Waals surface area contributed by atoms with Gasteiger partial charge in [-0.3, -0.25) is 0 Å². The zero-order valence-electron chi connectivity index (χ0n) is 7.90. The van der Waals surface area contributed by atoms with Crippen LogP contribution in [0.4, 0.5) is 13.2 Å². The van der Waals surface area contributed by atoms with E-state index in [1.165, 1.54) is 0 Å². The summed E-state index contributed by atoms with van der Waals surface area (Å²) in [6.07, 6.45) is -4.66. The van der Waals surface area contributed by atoms with Crippen molar-refractivity contribution in [2.24, 2.45) is 5.73 Å². The van der Waals surface area contributed by atoms with Crippen molar-refractivity contribution in [1.29, 1.82) is 0 Å². The molecule has 0 aliphatic carbocycles. The number of ether oxygens (including phenoxy) is 1. The lowest BCUT2D eigenvalue weighted by Gasteiger charge is -2.19. The van der Waals surface area contributed by atoms with Crippen LogP contribution in [-0.2, 0) is 4.74 Å². The van der Waals surface area contributed by atoms with E-state index in [1.54, 1.807) is 6.92 Å². The Hall–Kier alpha value is -0.290. The van der Waals surface area contributed by atoms with Crippen LogP contribution in [0.5, 0.6) is 0 Å². The molecule has 0 heterocycles. The molecule has 13 heavy (non-hydrogen) atoms. The fourth-order valence-corrected chi connectivity index (χ4v) is 0.816. The summed E-state index contributed by atoms with van der Waals surface area (Å²) in [6.45, 7) is 3.25. The van der Waals surface area contributed by atoms with Gasteiger partial charge in [0.2, 0.25) is 0 Å². The van der Waals surface area contributed by atoms with Gasteiger partial charge in [0.15, 0.2) is 0 Å². The van der Waals surface area contributed by atoms with Crippen molar-refractivity contribution in [2.75, 3.05) is 6.61 Å². The summed E-state index contributed by atoms with van der Waals surface area (Å²) >= 11 is 0. The van der Waals surface area contributed by atoms with E-state index in [-0.39, 0.29) is 18.8 Å². The average molecular weight is 199 g/mol. The Morgan fingerprint density at radius 1 is 1.38 bits per heavy atom. The molecular weight excluding hydrogens is 183 g/mol. The Labute approximate surface area is 76.2 Å². The second kappa shape index (κ2) is 5.44. The fourth-order valence-electron chi connectivity index (χ4n) is 0.816. The van der Waals surface area contributed by atoms with E-state index in [1.807, 2.05) is 6.92 Å². The third-order valence-corrected chi connectivity index (χ3v) is 1.84. The molecule has 0 aromatic rings. The number of alkyl halides is 3. The number of nitrogens with two attached hydrogens (primary N) is 1. The molecule has 0 aliphatic rings. The molecule has 2 N–H and O–H groups in total. The summed E-state index contributed by atoms with van der Waals surface area (Å²) in [6, 6.07) is -0.187. The summed E-state index contributed by atoms with van der Waals surface area (Å²) in [7, 11) is 0. The summed E-state index contributed by atoms with van der Waals surface area (Å²) in [5, 5.41) is 0. The number of hydrogen-bond acceptors (Lipinski definition) is 2. The summed E-state index contributed by atoms with van der Waals surface area (Å²) < 4.78 is 40.0. The van der Waals surface area contributed by atoms with Gasteiger partial charge in [0.1, 0.15) is 0 Å². The van der Waals surface area contributed by atoms with E-state index in [0.717, 1.165) is 0 Å². The van der Waals surface area contributed by atoms with E-state index >= 15 is 0 Å². The second-order valence-corrected chi connectivity index (χ2v) is 3.01. The Morgan fingerprint density at radius 2 is 1.92 bits per heavy atom. The van der Waals surface area contributed by atoms with E-state index in [4.69, 9.17) is 10.5 Å². The molecule has 0 radical (unpaired) electrons. The van der Waals surface area contributed by atoms with Crippen LogP contribution >= 0.6 is 0 Å². The van der Waals surface area contributed by atoms with Crippen LogP contribution in [0, 0.1) is 0 Å². The van der Waals surface area contributed by atoms with Crippen LogP contribution in [0.1, 0.15) is 26.7 Å². The summed E-state index contributed by atoms with van der Waals surface area (Å²) in [5.41, 5.74) is 5.56. The lowest BCUT2D eigenvalue weighted by molar-refractivity contribution is -0.149. The number of halogens is 3. The quantitative estimate of drug-likeness (QED) is 0.735. The predicted octanol–water partition coefficient (Wildman–Crippen LogP) is 2.08. The maximum absolute atomic E-state index is 11.7. The molecule has 2 unspecified atom stereocenters. The topological polar surface area (TPSA) is 35.2 Å². The van der Waals surface area contributed by atoms with Crippen LogP contribution in [-0.4, -0.2) is 24.9 Å². The minimum Gasteiger partial charge on any atom is -0.377 e. The molecule has 0 bridgehead atoms. The molecule has 0 amide bonds. The van der Waals surface area contributed by atoms with Crippen molar-refractivity contribution < 1.29 is 17.9 Å². The van der Waals surface area contributed by atoms with Crippen molar-refractivity contribution in [2.45, 2.75) is 45.0 Å². The molecule has 0 aromatic heterocycles. The monoisotopic (exact) mass is 199 g/mol. The maximum atomic E-state index is 11.7. The smallest absolute Gasteiger partial charge is 0.377 e. The lowest BCUT2D eigenvalue weighted by atomic mass is 10.1. The van der Waals surface area contributed by atoms with E-state index < -0.39 is 12.6 Å². The zero-order valence-corrected chi connectivity index (χ0v) is 7.90. The standard InChI is InChI=1S/C8H16F3NO/c1-3-7(12)6(2)13-5-4-8(9,10)11/h6-7H,3-5,12H2,1-2H3. The highest BCUT2D eigenvalue weighted by atomic mass is 19.4. The van der Waals surface area contributed by atoms with Gasteiger partial charge in [-0.1, -0.05) is 6.92 Å². The largest absolute Gasteiger partial charge is 0.391 e.